The average molecular weight is 413 g/mol. The van der Waals surface area contributed by atoms with Gasteiger partial charge in [0.1, 0.15) is 19.0 Å². The zero-order chi connectivity index (χ0) is 21.1. The number of hydrogen-bond acceptors (Lipinski definition) is 6. The predicted octanol–water partition coefficient (Wildman–Crippen LogP) is 1.18. The number of nitrogens with one attached hydrogen (secondary N) is 1. The Morgan fingerprint density at radius 1 is 1.20 bits per heavy atom. The molecule has 2 aromatic rings. The van der Waals surface area contributed by atoms with Crippen molar-refractivity contribution in [2.75, 3.05) is 38.3 Å². The zero-order valence-electron chi connectivity index (χ0n) is 16.6. The van der Waals surface area contributed by atoms with E-state index in [1.54, 1.807) is 42.3 Å². The Kier molecular flexibility index (Phi) is 5.60. The van der Waals surface area contributed by atoms with Crippen molar-refractivity contribution in [3.63, 3.8) is 0 Å². The number of anilines is 1. The van der Waals surface area contributed by atoms with Crippen LogP contribution in [0.1, 0.15) is 12.2 Å². The number of likely N-dealkylation sites (N-methyl/N-ethyl adjacent to an activating group) is 1. The summed E-state index contributed by atoms with van der Waals surface area (Å²) in [5, 5.41) is 2.70. The fourth-order valence-corrected chi connectivity index (χ4v) is 3.58. The molecular weight excluding hydrogens is 390 g/mol. The van der Waals surface area contributed by atoms with Gasteiger partial charge in [-0.2, -0.15) is 0 Å². The molecule has 3 heterocycles. The Morgan fingerprint density at radius 2 is 2.00 bits per heavy atom. The first-order valence-electron chi connectivity index (χ1n) is 9.75. The van der Waals surface area contributed by atoms with Gasteiger partial charge in [-0.25, -0.2) is 0 Å². The molecule has 0 spiro atoms. The lowest BCUT2D eigenvalue weighted by molar-refractivity contribution is -0.138. The first-order valence-corrected chi connectivity index (χ1v) is 9.75. The van der Waals surface area contributed by atoms with Gasteiger partial charge in [-0.05, 0) is 24.3 Å². The largest absolute Gasteiger partial charge is 0.486 e. The molecule has 0 saturated carbocycles. The summed E-state index contributed by atoms with van der Waals surface area (Å²) in [4.78, 5) is 40.3. The number of furan rings is 1. The molecule has 0 aliphatic carbocycles. The summed E-state index contributed by atoms with van der Waals surface area (Å²) in [5.41, 5.74) is 0.665. The molecule has 2 aliphatic heterocycles. The second-order valence-electron chi connectivity index (χ2n) is 7.28. The van der Waals surface area contributed by atoms with Gasteiger partial charge in [-0.15, -0.1) is 0 Å². The molecule has 9 heteroatoms. The molecule has 1 aromatic carbocycles. The van der Waals surface area contributed by atoms with Crippen LogP contribution in [-0.4, -0.2) is 56.0 Å². The first-order chi connectivity index (χ1) is 14.5. The molecule has 1 N–H and O–H groups in total. The summed E-state index contributed by atoms with van der Waals surface area (Å²) in [5.74, 6) is 0.686. The van der Waals surface area contributed by atoms with Gasteiger partial charge >= 0.3 is 0 Å². The Balaban J connectivity index is 1.33. The van der Waals surface area contributed by atoms with E-state index in [2.05, 4.69) is 5.32 Å². The van der Waals surface area contributed by atoms with Crippen LogP contribution in [-0.2, 0) is 20.9 Å². The molecule has 30 heavy (non-hydrogen) atoms. The number of carbonyl (C=O) groups excluding carboxylic acids is 3. The maximum Gasteiger partial charge on any atom is 0.239 e. The van der Waals surface area contributed by atoms with Crippen molar-refractivity contribution >= 4 is 23.4 Å². The summed E-state index contributed by atoms with van der Waals surface area (Å²) in [6, 6.07) is 8.80. The lowest BCUT2D eigenvalue weighted by Gasteiger charge is -2.23. The van der Waals surface area contributed by atoms with Crippen LogP contribution < -0.4 is 19.7 Å². The highest BCUT2D eigenvalue weighted by Crippen LogP contribution is 2.36. The fourth-order valence-electron chi connectivity index (χ4n) is 3.58. The minimum absolute atomic E-state index is 0.0890. The Labute approximate surface area is 173 Å². The topological polar surface area (TPSA) is 101 Å². The van der Waals surface area contributed by atoms with E-state index in [1.807, 2.05) is 0 Å². The van der Waals surface area contributed by atoms with Gasteiger partial charge < -0.3 is 29.0 Å². The van der Waals surface area contributed by atoms with Crippen LogP contribution in [0.15, 0.2) is 41.0 Å². The Hall–Kier alpha value is -3.49. The monoisotopic (exact) mass is 413 g/mol. The van der Waals surface area contributed by atoms with Crippen molar-refractivity contribution in [3.8, 4) is 11.5 Å². The third-order valence-electron chi connectivity index (χ3n) is 5.11. The van der Waals surface area contributed by atoms with Crippen LogP contribution in [0.5, 0.6) is 11.5 Å². The quantitative estimate of drug-likeness (QED) is 0.763. The maximum absolute atomic E-state index is 12.8. The number of hydrogen-bond donors (Lipinski definition) is 1. The molecule has 0 unspecified atom stereocenters. The van der Waals surface area contributed by atoms with E-state index in [0.29, 0.717) is 36.2 Å². The van der Waals surface area contributed by atoms with Gasteiger partial charge in [0.25, 0.3) is 0 Å². The van der Waals surface area contributed by atoms with Crippen molar-refractivity contribution in [2.24, 2.45) is 5.92 Å². The van der Waals surface area contributed by atoms with Crippen LogP contribution in [0, 0.1) is 5.92 Å². The van der Waals surface area contributed by atoms with Gasteiger partial charge in [0, 0.05) is 31.8 Å². The molecule has 2 aliphatic rings. The number of carbonyl (C=O) groups is 3. The summed E-state index contributed by atoms with van der Waals surface area (Å²) < 4.78 is 16.2. The average Bonchev–Trinajstić information content (AvgIpc) is 3.41. The molecular formula is C21H23N3O6. The second kappa shape index (κ2) is 8.48. The third-order valence-corrected chi connectivity index (χ3v) is 5.11. The molecule has 3 amide bonds. The van der Waals surface area contributed by atoms with Crippen molar-refractivity contribution in [2.45, 2.75) is 13.0 Å². The van der Waals surface area contributed by atoms with E-state index < -0.39 is 5.92 Å². The minimum Gasteiger partial charge on any atom is -0.486 e. The van der Waals surface area contributed by atoms with E-state index in [9.17, 15) is 14.4 Å². The molecule has 9 nitrogen and oxygen atoms in total. The number of nitrogens with zero attached hydrogens (tertiary/aromatic N) is 2. The molecule has 4 rings (SSSR count). The van der Waals surface area contributed by atoms with Crippen molar-refractivity contribution in [1.82, 2.24) is 10.2 Å². The Bertz CT molecular complexity index is 942. The molecule has 1 saturated heterocycles. The normalized spacial score (nSPS) is 17.7. The molecule has 0 radical (unpaired) electrons. The van der Waals surface area contributed by atoms with Crippen molar-refractivity contribution in [3.05, 3.63) is 42.4 Å². The molecule has 1 fully saturated rings. The molecule has 1 aromatic heterocycles. The number of fused-ring (bicyclic) bond motifs is 1. The van der Waals surface area contributed by atoms with E-state index >= 15 is 0 Å². The van der Waals surface area contributed by atoms with Crippen molar-refractivity contribution in [1.29, 1.82) is 0 Å². The first kappa shape index (κ1) is 19.8. The van der Waals surface area contributed by atoms with Crippen LogP contribution in [0.3, 0.4) is 0 Å². The lowest BCUT2D eigenvalue weighted by atomic mass is 10.1. The zero-order valence-corrected chi connectivity index (χ0v) is 16.6. The van der Waals surface area contributed by atoms with Gasteiger partial charge in [-0.3, -0.25) is 14.4 Å². The standard InChI is InChI=1S/C21H23N3O6/c1-23(13-19(25)22-11-16-3-2-6-28-16)21(27)14-9-20(26)24(12-14)15-4-5-17-18(10-15)30-8-7-29-17/h2-6,10,14H,7-9,11-13H2,1H3,(H,22,25)/t14-/m1/s1. The number of ether oxygens (including phenoxy) is 2. The van der Waals surface area contributed by atoms with Crippen LogP contribution in [0.25, 0.3) is 0 Å². The number of amides is 3. The summed E-state index contributed by atoms with van der Waals surface area (Å²) in [6.07, 6.45) is 1.63. The minimum atomic E-state index is -0.506. The lowest BCUT2D eigenvalue weighted by Crippen LogP contribution is -2.41. The van der Waals surface area contributed by atoms with E-state index in [-0.39, 0.29) is 43.8 Å². The molecule has 1 atom stereocenters. The van der Waals surface area contributed by atoms with Crippen LogP contribution >= 0.6 is 0 Å². The third kappa shape index (κ3) is 4.24. The summed E-state index contributed by atoms with van der Waals surface area (Å²) in [6.45, 7) is 1.38. The van der Waals surface area contributed by atoms with E-state index in [4.69, 9.17) is 13.9 Å². The summed E-state index contributed by atoms with van der Waals surface area (Å²) >= 11 is 0. The second-order valence-corrected chi connectivity index (χ2v) is 7.28. The van der Waals surface area contributed by atoms with Gasteiger partial charge in [-0.1, -0.05) is 0 Å². The smallest absolute Gasteiger partial charge is 0.239 e. The number of benzene rings is 1. The van der Waals surface area contributed by atoms with Gasteiger partial charge in [0.05, 0.1) is 25.3 Å². The predicted molar refractivity (Wildman–Crippen MR) is 106 cm³/mol. The van der Waals surface area contributed by atoms with Gasteiger partial charge in [0.15, 0.2) is 11.5 Å². The van der Waals surface area contributed by atoms with E-state index in [0.717, 1.165) is 0 Å². The summed E-state index contributed by atoms with van der Waals surface area (Å²) in [7, 11) is 1.56. The van der Waals surface area contributed by atoms with Crippen LogP contribution in [0.4, 0.5) is 5.69 Å². The highest BCUT2D eigenvalue weighted by atomic mass is 16.6. The van der Waals surface area contributed by atoms with Crippen LogP contribution in [0.2, 0.25) is 0 Å². The highest BCUT2D eigenvalue weighted by molar-refractivity contribution is 6.01. The highest BCUT2D eigenvalue weighted by Gasteiger charge is 2.37. The fraction of sp³-hybridized carbons (Fsp3) is 0.381. The van der Waals surface area contributed by atoms with Gasteiger partial charge in [0.2, 0.25) is 17.7 Å². The SMILES string of the molecule is CN(CC(=O)NCc1ccco1)C(=O)[C@@H]1CC(=O)N(c2ccc3c(c2)OCCO3)C1. The molecule has 0 bridgehead atoms. The van der Waals surface area contributed by atoms with E-state index in [1.165, 1.54) is 11.2 Å². The van der Waals surface area contributed by atoms with Crippen molar-refractivity contribution < 1.29 is 28.3 Å². The Morgan fingerprint density at radius 3 is 2.77 bits per heavy atom. The number of rotatable bonds is 6. The molecule has 158 valence electrons. The maximum atomic E-state index is 12.8.